The van der Waals surface area contributed by atoms with Crippen LogP contribution >= 0.6 is 0 Å². The highest BCUT2D eigenvalue weighted by atomic mass is 16.3. The molecule has 4 amide bonds. The third-order valence-electron chi connectivity index (χ3n) is 6.71. The van der Waals surface area contributed by atoms with Crippen LogP contribution in [0.25, 0.3) is 0 Å². The first-order valence-corrected chi connectivity index (χ1v) is 10.7. The van der Waals surface area contributed by atoms with Gasteiger partial charge in [0, 0.05) is 13.1 Å². The largest absolute Gasteiger partial charge is 0.391 e. The van der Waals surface area contributed by atoms with Gasteiger partial charge >= 0.3 is 0 Å². The average Bonchev–Trinajstić information content (AvgIpc) is 3.37. The Morgan fingerprint density at radius 1 is 1.07 bits per heavy atom. The summed E-state index contributed by atoms with van der Waals surface area (Å²) in [5, 5.41) is 9.66. The molecule has 3 aliphatic heterocycles. The number of imide groups is 1. The molecule has 5 atom stereocenters. The van der Waals surface area contributed by atoms with Crippen molar-refractivity contribution in [1.29, 1.82) is 0 Å². The van der Waals surface area contributed by atoms with Crippen molar-refractivity contribution in [3.8, 4) is 0 Å². The van der Waals surface area contributed by atoms with Crippen molar-refractivity contribution in [1.82, 2.24) is 14.7 Å². The number of hydrogen-bond donors (Lipinski definition) is 3. The van der Waals surface area contributed by atoms with Gasteiger partial charge in [0.15, 0.2) is 0 Å². The first-order chi connectivity index (χ1) is 14.0. The number of aliphatic hydroxyl groups is 1. The van der Waals surface area contributed by atoms with E-state index in [4.69, 9.17) is 11.5 Å². The Labute approximate surface area is 176 Å². The van der Waals surface area contributed by atoms with E-state index in [1.54, 1.807) is 4.90 Å². The van der Waals surface area contributed by atoms with Crippen molar-refractivity contribution < 1.29 is 24.3 Å². The van der Waals surface area contributed by atoms with Crippen LogP contribution in [0.2, 0.25) is 0 Å². The van der Waals surface area contributed by atoms with Crippen LogP contribution in [0, 0.1) is 5.92 Å². The summed E-state index contributed by atoms with van der Waals surface area (Å²) in [5.41, 5.74) is 10.7. The summed E-state index contributed by atoms with van der Waals surface area (Å²) < 4.78 is 0. The lowest BCUT2D eigenvalue weighted by atomic mass is 9.84. The van der Waals surface area contributed by atoms with Crippen LogP contribution < -0.4 is 11.5 Å². The second-order valence-electron chi connectivity index (χ2n) is 9.08. The van der Waals surface area contributed by atoms with Crippen LogP contribution in [0.3, 0.4) is 0 Å². The monoisotopic (exact) mass is 423 g/mol. The number of carbonyl (C=O) groups excluding carboxylic acids is 4. The van der Waals surface area contributed by atoms with Crippen molar-refractivity contribution in [2.45, 2.75) is 76.2 Å². The van der Waals surface area contributed by atoms with E-state index in [9.17, 15) is 24.3 Å². The quantitative estimate of drug-likeness (QED) is 0.451. The normalized spacial score (nSPS) is 29.4. The van der Waals surface area contributed by atoms with Gasteiger partial charge in [-0.2, -0.15) is 0 Å². The summed E-state index contributed by atoms with van der Waals surface area (Å²) in [6, 6.07) is -2.56. The summed E-state index contributed by atoms with van der Waals surface area (Å²) in [4.78, 5) is 55.7. The number of hydrogen-bond acceptors (Lipinski definition) is 7. The van der Waals surface area contributed by atoms with Crippen LogP contribution in [0.4, 0.5) is 0 Å². The van der Waals surface area contributed by atoms with Gasteiger partial charge in [0.1, 0.15) is 17.6 Å². The minimum Gasteiger partial charge on any atom is -0.391 e. The minimum atomic E-state index is -1.10. The molecule has 0 aromatic heterocycles. The minimum absolute atomic E-state index is 0.0978. The number of likely N-dealkylation sites (tertiary alicyclic amines) is 3. The van der Waals surface area contributed by atoms with E-state index in [2.05, 4.69) is 0 Å². The Morgan fingerprint density at radius 2 is 1.73 bits per heavy atom. The van der Waals surface area contributed by atoms with E-state index < -0.39 is 41.6 Å². The average molecular weight is 424 g/mol. The Kier molecular flexibility index (Phi) is 6.22. The second-order valence-corrected chi connectivity index (χ2v) is 9.08. The molecule has 0 aromatic carbocycles. The Balaban J connectivity index is 1.74. The second kappa shape index (κ2) is 8.24. The highest BCUT2D eigenvalue weighted by Gasteiger charge is 2.62. The molecule has 5 N–H and O–H groups in total. The Bertz CT molecular complexity index is 741. The molecule has 3 rings (SSSR count). The van der Waals surface area contributed by atoms with Gasteiger partial charge in [-0.1, -0.05) is 13.8 Å². The van der Waals surface area contributed by atoms with Crippen LogP contribution in [0.5, 0.6) is 0 Å². The number of aliphatic hydroxyl groups excluding tert-OH is 1. The van der Waals surface area contributed by atoms with Gasteiger partial charge in [-0.25, -0.2) is 0 Å². The molecular weight excluding hydrogens is 390 g/mol. The molecule has 3 aliphatic rings. The zero-order valence-electron chi connectivity index (χ0n) is 17.9. The summed E-state index contributed by atoms with van der Waals surface area (Å²) in [6.45, 7) is 6.01. The Morgan fingerprint density at radius 3 is 2.30 bits per heavy atom. The number of rotatable bonds is 5. The maximum Gasteiger partial charge on any atom is 0.257 e. The van der Waals surface area contributed by atoms with Crippen molar-refractivity contribution in [2.24, 2.45) is 17.4 Å². The molecule has 0 bridgehead atoms. The molecule has 0 saturated carbocycles. The predicted molar refractivity (Wildman–Crippen MR) is 108 cm³/mol. The lowest BCUT2D eigenvalue weighted by molar-refractivity contribution is -0.175. The molecule has 0 radical (unpaired) electrons. The molecular formula is C20H33N5O5. The molecule has 5 unspecified atom stereocenters. The van der Waals surface area contributed by atoms with E-state index >= 15 is 0 Å². The molecule has 168 valence electrons. The lowest BCUT2D eigenvalue weighted by Gasteiger charge is -2.51. The van der Waals surface area contributed by atoms with Crippen LogP contribution in [-0.4, -0.2) is 92.8 Å². The molecule has 0 aromatic rings. The molecule has 1 spiro atoms. The topological polar surface area (TPSA) is 150 Å². The van der Waals surface area contributed by atoms with Crippen molar-refractivity contribution in [3.63, 3.8) is 0 Å². The van der Waals surface area contributed by atoms with Crippen molar-refractivity contribution in [2.75, 3.05) is 19.6 Å². The van der Waals surface area contributed by atoms with Crippen molar-refractivity contribution in [3.05, 3.63) is 0 Å². The molecule has 10 heteroatoms. The maximum absolute atomic E-state index is 13.4. The predicted octanol–water partition coefficient (Wildman–Crippen LogP) is -1.60. The number of nitrogens with two attached hydrogens (primary N) is 2. The van der Waals surface area contributed by atoms with Crippen LogP contribution in [-0.2, 0) is 19.2 Å². The van der Waals surface area contributed by atoms with Gasteiger partial charge in [-0.3, -0.25) is 24.1 Å². The van der Waals surface area contributed by atoms with Crippen molar-refractivity contribution >= 4 is 23.6 Å². The van der Waals surface area contributed by atoms with E-state index in [0.29, 0.717) is 38.8 Å². The van der Waals surface area contributed by atoms with Gasteiger partial charge in [0.05, 0.1) is 18.7 Å². The number of nitrogens with zero attached hydrogens (tertiary/aromatic N) is 3. The molecule has 10 nitrogen and oxygen atoms in total. The fourth-order valence-electron chi connectivity index (χ4n) is 4.66. The van der Waals surface area contributed by atoms with E-state index in [1.165, 1.54) is 11.8 Å². The zero-order valence-corrected chi connectivity index (χ0v) is 17.9. The number of β-lactam (4-membered cyclic amide) rings is 1. The first kappa shape index (κ1) is 22.6. The van der Waals surface area contributed by atoms with Gasteiger partial charge in [-0.05, 0) is 38.5 Å². The zero-order chi connectivity index (χ0) is 22.4. The summed E-state index contributed by atoms with van der Waals surface area (Å²) in [7, 11) is 0. The molecule has 3 saturated heterocycles. The van der Waals surface area contributed by atoms with E-state index in [-0.39, 0.29) is 24.3 Å². The van der Waals surface area contributed by atoms with Crippen LogP contribution in [0.15, 0.2) is 0 Å². The summed E-state index contributed by atoms with van der Waals surface area (Å²) in [5.74, 6) is -1.65. The first-order valence-electron chi connectivity index (χ1n) is 10.7. The third kappa shape index (κ3) is 3.50. The molecule has 30 heavy (non-hydrogen) atoms. The third-order valence-corrected chi connectivity index (χ3v) is 6.71. The lowest BCUT2D eigenvalue weighted by Crippen LogP contribution is -2.76. The highest BCUT2D eigenvalue weighted by Crippen LogP contribution is 2.40. The summed E-state index contributed by atoms with van der Waals surface area (Å²) in [6.07, 6.45) is 1.26. The standard InChI is InChI=1S/C20H33N5O5/c1-11(2)14(21)17(28)24-10-20(19(24)30)7-5-9-25(20)16(27)13-6-4-8-23(13)18(29)15(22)12(3)26/h11-15,26H,4-10,21-22H2,1-3H3. The Hall–Kier alpha value is -2.04. The molecule has 0 aliphatic carbocycles. The SMILES string of the molecule is CC(C)C(N)C(=O)N1CC2(CCCN2C(=O)C2CCCN2C(=O)C(N)C(C)O)C1=O. The van der Waals surface area contributed by atoms with Gasteiger partial charge in [-0.15, -0.1) is 0 Å². The maximum atomic E-state index is 13.4. The van der Waals surface area contributed by atoms with Gasteiger partial charge in [0.2, 0.25) is 17.7 Å². The fourth-order valence-corrected chi connectivity index (χ4v) is 4.66. The number of carbonyl (C=O) groups is 4. The molecule has 3 heterocycles. The highest BCUT2D eigenvalue weighted by molar-refractivity contribution is 6.09. The number of amides is 4. The molecule has 3 fully saturated rings. The van der Waals surface area contributed by atoms with E-state index in [1.807, 2.05) is 13.8 Å². The van der Waals surface area contributed by atoms with Gasteiger partial charge < -0.3 is 26.4 Å². The smallest absolute Gasteiger partial charge is 0.257 e. The van der Waals surface area contributed by atoms with Crippen LogP contribution in [0.1, 0.15) is 46.5 Å². The van der Waals surface area contributed by atoms with Gasteiger partial charge in [0.25, 0.3) is 5.91 Å². The summed E-state index contributed by atoms with van der Waals surface area (Å²) >= 11 is 0. The van der Waals surface area contributed by atoms with E-state index in [0.717, 1.165) is 4.90 Å². The fraction of sp³-hybridized carbons (Fsp3) is 0.800.